The van der Waals surface area contributed by atoms with E-state index in [1.54, 1.807) is 0 Å². The Labute approximate surface area is 327 Å². The highest BCUT2D eigenvalue weighted by Gasteiger charge is 2.19. The molecule has 7 aromatic carbocycles. The molecule has 0 amide bonds. The van der Waals surface area contributed by atoms with Gasteiger partial charge in [0.25, 0.3) is 0 Å². The van der Waals surface area contributed by atoms with E-state index in [1.165, 1.54) is 0 Å². The average Bonchev–Trinajstić information content (AvgIpc) is 3.68. The Bertz CT molecular complexity index is 3060. The number of hydrogen-bond acceptors (Lipinski definition) is 7. The summed E-state index contributed by atoms with van der Waals surface area (Å²) in [6, 6.07) is 57.5. The van der Waals surface area contributed by atoms with Crippen molar-refractivity contribution >= 4 is 27.6 Å². The van der Waals surface area contributed by atoms with Gasteiger partial charge in [0.05, 0.1) is 6.57 Å². The summed E-state index contributed by atoms with van der Waals surface area (Å²) in [4.78, 5) is 33.4. The fourth-order valence-corrected chi connectivity index (χ4v) is 7.00. The lowest BCUT2D eigenvalue weighted by molar-refractivity contribution is 0.669. The van der Waals surface area contributed by atoms with Crippen molar-refractivity contribution in [3.05, 3.63) is 187 Å². The minimum absolute atomic E-state index is 0.521. The van der Waals surface area contributed by atoms with Crippen molar-refractivity contribution in [3.63, 3.8) is 0 Å². The summed E-state index contributed by atoms with van der Waals surface area (Å²) in [5, 5.41) is 1.83. The summed E-state index contributed by atoms with van der Waals surface area (Å²) in [6.07, 6.45) is 0. The maximum Gasteiger partial charge on any atom is 0.187 e. The number of nitrogens with zero attached hydrogens (tertiary/aromatic N) is 7. The van der Waals surface area contributed by atoms with E-state index >= 15 is 0 Å². The number of benzene rings is 7. The molecule has 3 aromatic heterocycles. The van der Waals surface area contributed by atoms with Gasteiger partial charge in [-0.05, 0) is 35.4 Å². The van der Waals surface area contributed by atoms with Crippen molar-refractivity contribution < 1.29 is 4.42 Å². The van der Waals surface area contributed by atoms with Crippen LogP contribution in [0.4, 0.5) is 5.69 Å². The molecule has 57 heavy (non-hydrogen) atoms. The third kappa shape index (κ3) is 6.45. The van der Waals surface area contributed by atoms with Crippen LogP contribution in [0, 0.1) is 6.57 Å². The molecule has 3 heterocycles. The monoisotopic (exact) mass is 731 g/mol. The first-order valence-corrected chi connectivity index (χ1v) is 18.4. The number of furan rings is 1. The van der Waals surface area contributed by atoms with Gasteiger partial charge in [-0.2, -0.15) is 0 Å². The molecule has 0 aliphatic heterocycles. The van der Waals surface area contributed by atoms with Gasteiger partial charge in [0.1, 0.15) is 11.2 Å². The Kier molecular flexibility index (Phi) is 8.36. The van der Waals surface area contributed by atoms with E-state index < -0.39 is 0 Å². The second kappa shape index (κ2) is 14.3. The molecule has 0 bridgehead atoms. The van der Waals surface area contributed by atoms with Gasteiger partial charge >= 0.3 is 0 Å². The van der Waals surface area contributed by atoms with Gasteiger partial charge in [-0.3, -0.25) is 0 Å². The smallest absolute Gasteiger partial charge is 0.187 e. The maximum atomic E-state index is 7.41. The Morgan fingerprint density at radius 3 is 1.37 bits per heavy atom. The minimum atomic E-state index is 0.521. The molecule has 10 aromatic rings. The third-order valence-corrected chi connectivity index (χ3v) is 9.81. The number of aromatic nitrogens is 6. The quantitative estimate of drug-likeness (QED) is 0.151. The van der Waals surface area contributed by atoms with Gasteiger partial charge in [-0.25, -0.2) is 34.7 Å². The minimum Gasteiger partial charge on any atom is -0.456 e. The van der Waals surface area contributed by atoms with Gasteiger partial charge in [0.2, 0.25) is 0 Å². The lowest BCUT2D eigenvalue weighted by Gasteiger charge is -2.10. The normalized spacial score (nSPS) is 11.1. The van der Waals surface area contributed by atoms with Gasteiger partial charge in [-0.15, -0.1) is 0 Å². The van der Waals surface area contributed by atoms with E-state index in [9.17, 15) is 0 Å². The summed E-state index contributed by atoms with van der Waals surface area (Å²) in [5.74, 6) is 3.37. The van der Waals surface area contributed by atoms with Crippen molar-refractivity contribution in [2.45, 2.75) is 0 Å². The number of hydrogen-bond donors (Lipinski definition) is 0. The molecule has 0 saturated carbocycles. The highest BCUT2D eigenvalue weighted by molar-refractivity contribution is 6.12. The molecular formula is C49H29N7O. The van der Waals surface area contributed by atoms with Crippen LogP contribution in [0.15, 0.2) is 180 Å². The number of fused-ring (bicyclic) bond motifs is 3. The fourth-order valence-electron chi connectivity index (χ4n) is 7.00. The lowest BCUT2D eigenvalue weighted by Crippen LogP contribution is -2.00. The molecule has 0 aliphatic carbocycles. The highest BCUT2D eigenvalue weighted by atomic mass is 16.3. The van der Waals surface area contributed by atoms with E-state index in [0.29, 0.717) is 51.8 Å². The second-order valence-corrected chi connectivity index (χ2v) is 13.4. The largest absolute Gasteiger partial charge is 0.456 e. The Morgan fingerprint density at radius 1 is 0.351 bits per heavy atom. The van der Waals surface area contributed by atoms with Crippen molar-refractivity contribution in [2.75, 3.05) is 0 Å². The SMILES string of the molecule is [C-]#[N+]c1cccc(-c2ccc(-c3nc(-c4ccccc4)nc(-c4ccc5c(c4)oc4cccc(-c6nc(-c7ccccc7)nc(-c7ccccc7)n6)c45)n3)cc2)c1. The van der Waals surface area contributed by atoms with Crippen LogP contribution >= 0.6 is 0 Å². The third-order valence-electron chi connectivity index (χ3n) is 9.81. The Balaban J connectivity index is 1.08. The van der Waals surface area contributed by atoms with E-state index in [-0.39, 0.29) is 0 Å². The van der Waals surface area contributed by atoms with Crippen LogP contribution in [0.3, 0.4) is 0 Å². The van der Waals surface area contributed by atoms with Gasteiger partial charge in [0.15, 0.2) is 40.6 Å². The standard InChI is InChI=1S/C49H29N7O/c1-50-38-20-11-19-36(29-38)31-23-25-35(26-24-31)47-51-44(32-13-5-2-6-14-32)53-48(54-47)37-27-28-39-42(30-37)57-41-22-12-21-40(43(39)41)49-55-45(33-15-7-3-8-16-33)52-46(56-49)34-17-9-4-10-18-34/h2-30H. The topological polar surface area (TPSA) is 94.8 Å². The van der Waals surface area contributed by atoms with Gasteiger partial charge in [-0.1, -0.05) is 152 Å². The fraction of sp³-hybridized carbons (Fsp3) is 0. The first-order valence-electron chi connectivity index (χ1n) is 18.4. The molecule has 0 fully saturated rings. The van der Waals surface area contributed by atoms with Gasteiger partial charge in [0, 0.05) is 44.2 Å². The lowest BCUT2D eigenvalue weighted by atomic mass is 10.0. The van der Waals surface area contributed by atoms with Crippen LogP contribution in [-0.4, -0.2) is 29.9 Å². The Hall–Kier alpha value is -8.15. The van der Waals surface area contributed by atoms with Crippen molar-refractivity contribution in [1.82, 2.24) is 29.9 Å². The van der Waals surface area contributed by atoms with Crippen molar-refractivity contribution in [1.29, 1.82) is 0 Å². The van der Waals surface area contributed by atoms with Crippen LogP contribution < -0.4 is 0 Å². The second-order valence-electron chi connectivity index (χ2n) is 13.4. The first kappa shape index (κ1) is 33.4. The molecule has 10 rings (SSSR count). The van der Waals surface area contributed by atoms with Crippen LogP contribution in [0.1, 0.15) is 0 Å². The molecule has 8 heteroatoms. The highest BCUT2D eigenvalue weighted by Crippen LogP contribution is 2.38. The van der Waals surface area contributed by atoms with Crippen molar-refractivity contribution in [2.24, 2.45) is 0 Å². The molecule has 0 N–H and O–H groups in total. The van der Waals surface area contributed by atoms with Crippen LogP contribution in [0.25, 0.3) is 106 Å². The predicted octanol–water partition coefficient (Wildman–Crippen LogP) is 12.2. The summed E-state index contributed by atoms with van der Waals surface area (Å²) in [5.41, 5.74) is 9.14. The van der Waals surface area contributed by atoms with Crippen LogP contribution in [-0.2, 0) is 0 Å². The Morgan fingerprint density at radius 2 is 0.807 bits per heavy atom. The number of rotatable bonds is 7. The predicted molar refractivity (Wildman–Crippen MR) is 225 cm³/mol. The van der Waals surface area contributed by atoms with Crippen molar-refractivity contribution in [3.8, 4) is 79.5 Å². The summed E-state index contributed by atoms with van der Waals surface area (Å²) in [7, 11) is 0. The molecule has 0 radical (unpaired) electrons. The summed E-state index contributed by atoms with van der Waals surface area (Å²) in [6.45, 7) is 7.41. The first-order chi connectivity index (χ1) is 28.2. The average molecular weight is 732 g/mol. The zero-order chi connectivity index (χ0) is 38.1. The van der Waals surface area contributed by atoms with E-state index in [2.05, 4.69) is 10.9 Å². The zero-order valence-corrected chi connectivity index (χ0v) is 30.3. The summed E-state index contributed by atoms with van der Waals surface area (Å²) >= 11 is 0. The van der Waals surface area contributed by atoms with E-state index in [0.717, 1.165) is 55.3 Å². The molecule has 0 unspecified atom stereocenters. The molecule has 0 spiro atoms. The molecule has 8 nitrogen and oxygen atoms in total. The summed E-state index contributed by atoms with van der Waals surface area (Å²) < 4.78 is 6.55. The molecule has 266 valence electrons. The maximum absolute atomic E-state index is 7.41. The molecule has 0 atom stereocenters. The zero-order valence-electron chi connectivity index (χ0n) is 30.3. The van der Waals surface area contributed by atoms with E-state index in [1.807, 2.05) is 170 Å². The van der Waals surface area contributed by atoms with Gasteiger partial charge < -0.3 is 4.42 Å². The molecule has 0 aliphatic rings. The molecule has 0 saturated heterocycles. The van der Waals surface area contributed by atoms with E-state index in [4.69, 9.17) is 40.9 Å². The van der Waals surface area contributed by atoms with Crippen LogP contribution in [0.5, 0.6) is 0 Å². The molecular weight excluding hydrogens is 703 g/mol. The van der Waals surface area contributed by atoms with Crippen LogP contribution in [0.2, 0.25) is 0 Å².